The quantitative estimate of drug-likeness (QED) is 0.423. The third-order valence-electron chi connectivity index (χ3n) is 1.28. The highest BCUT2D eigenvalue weighted by Gasteiger charge is 2.34. The molecule has 1 rings (SSSR count). The van der Waals surface area contributed by atoms with Gasteiger partial charge in [-0.2, -0.15) is 5.26 Å². The van der Waals surface area contributed by atoms with Crippen molar-refractivity contribution in [1.82, 2.24) is 0 Å². The van der Waals surface area contributed by atoms with E-state index in [4.69, 9.17) is 15.5 Å². The summed E-state index contributed by atoms with van der Waals surface area (Å²) in [6.07, 6.45) is -2.77. The minimum absolute atomic E-state index is 0.0550. The molecule has 0 radical (unpaired) electrons. The first-order valence-electron chi connectivity index (χ1n) is 2.63. The van der Waals surface area contributed by atoms with Gasteiger partial charge in [0.25, 0.3) is 0 Å². The van der Waals surface area contributed by atoms with E-state index in [1.54, 1.807) is 6.07 Å². The lowest BCUT2D eigenvalue weighted by Crippen LogP contribution is -2.28. The maximum absolute atomic E-state index is 8.86. The van der Waals surface area contributed by atoms with Crippen LogP contribution in [0, 0.1) is 11.3 Å². The summed E-state index contributed by atoms with van der Waals surface area (Å²) < 4.78 is 4.67. The Kier molecular flexibility index (Phi) is 1.67. The van der Waals surface area contributed by atoms with E-state index >= 15 is 0 Å². The van der Waals surface area contributed by atoms with Gasteiger partial charge < -0.3 is 14.9 Å². The minimum atomic E-state index is -1.03. The van der Waals surface area contributed by atoms with Gasteiger partial charge in [0.05, 0.1) is 12.7 Å². The van der Waals surface area contributed by atoms with Crippen LogP contribution < -0.4 is 0 Å². The van der Waals surface area contributed by atoms with Crippen LogP contribution in [0.5, 0.6) is 0 Å². The summed E-state index contributed by atoms with van der Waals surface area (Å²) in [5.74, 6) is 0. The molecule has 0 aromatic heterocycles. The van der Waals surface area contributed by atoms with E-state index in [1.165, 1.54) is 0 Å². The van der Waals surface area contributed by atoms with E-state index in [0.29, 0.717) is 0 Å². The molecule has 1 aliphatic rings. The zero-order chi connectivity index (χ0) is 6.85. The number of nitrogens with zero attached hydrogens (tertiary/aromatic N) is 1. The van der Waals surface area contributed by atoms with Gasteiger partial charge in [-0.05, 0) is 0 Å². The molecule has 0 aromatic rings. The second-order valence-corrected chi connectivity index (χ2v) is 1.94. The molecular formula is C5H7NO3. The third-order valence-corrected chi connectivity index (χ3v) is 1.28. The van der Waals surface area contributed by atoms with Crippen molar-refractivity contribution >= 4 is 0 Å². The highest BCUT2D eigenvalue weighted by atomic mass is 16.5. The van der Waals surface area contributed by atoms with Gasteiger partial charge in [-0.25, -0.2) is 0 Å². The van der Waals surface area contributed by atoms with Crippen LogP contribution in [-0.4, -0.2) is 35.1 Å². The average molecular weight is 129 g/mol. The maximum Gasteiger partial charge on any atom is 0.172 e. The molecule has 4 nitrogen and oxygen atoms in total. The molecular weight excluding hydrogens is 122 g/mol. The Morgan fingerprint density at radius 3 is 2.44 bits per heavy atom. The van der Waals surface area contributed by atoms with Crippen molar-refractivity contribution in [3.63, 3.8) is 0 Å². The van der Waals surface area contributed by atoms with Crippen LogP contribution in [-0.2, 0) is 4.74 Å². The topological polar surface area (TPSA) is 73.5 Å². The third kappa shape index (κ3) is 1.03. The molecule has 3 atom stereocenters. The average Bonchev–Trinajstić information content (AvgIpc) is 2.15. The highest BCUT2D eigenvalue weighted by Crippen LogP contribution is 2.12. The number of rotatable bonds is 0. The molecule has 4 heteroatoms. The number of hydrogen-bond donors (Lipinski definition) is 2. The molecule has 3 unspecified atom stereocenters. The molecule has 9 heavy (non-hydrogen) atoms. The van der Waals surface area contributed by atoms with Crippen molar-refractivity contribution in [2.75, 3.05) is 6.61 Å². The number of aliphatic hydroxyl groups excluding tert-OH is 2. The van der Waals surface area contributed by atoms with Crippen molar-refractivity contribution in [3.8, 4) is 6.07 Å². The fourth-order valence-corrected chi connectivity index (χ4v) is 0.715. The zero-order valence-electron chi connectivity index (χ0n) is 4.69. The fourth-order valence-electron chi connectivity index (χ4n) is 0.715. The standard InChI is InChI=1S/C5H7NO3/c6-1-4-5(8)3(7)2-9-4/h3-5,7-8H,2H2. The van der Waals surface area contributed by atoms with Crippen LogP contribution in [0.15, 0.2) is 0 Å². The zero-order valence-corrected chi connectivity index (χ0v) is 4.69. The molecule has 2 N–H and O–H groups in total. The van der Waals surface area contributed by atoms with E-state index < -0.39 is 18.3 Å². The summed E-state index contributed by atoms with van der Waals surface area (Å²) in [5.41, 5.74) is 0. The van der Waals surface area contributed by atoms with E-state index in [-0.39, 0.29) is 6.61 Å². The molecule has 0 saturated carbocycles. The second-order valence-electron chi connectivity index (χ2n) is 1.94. The monoisotopic (exact) mass is 129 g/mol. The maximum atomic E-state index is 8.86. The Bertz CT molecular complexity index is 142. The van der Waals surface area contributed by atoms with Gasteiger partial charge in [0.2, 0.25) is 0 Å². The lowest BCUT2D eigenvalue weighted by Gasteiger charge is -2.04. The predicted octanol–water partition coefficient (Wildman–Crippen LogP) is -1.37. The van der Waals surface area contributed by atoms with Crippen molar-refractivity contribution in [2.45, 2.75) is 18.3 Å². The second kappa shape index (κ2) is 2.31. The highest BCUT2D eigenvalue weighted by molar-refractivity contribution is 4.97. The molecule has 0 amide bonds. The fraction of sp³-hybridized carbons (Fsp3) is 0.800. The Morgan fingerprint density at radius 1 is 1.56 bits per heavy atom. The Morgan fingerprint density at radius 2 is 2.22 bits per heavy atom. The lowest BCUT2D eigenvalue weighted by atomic mass is 10.2. The number of nitriles is 1. The molecule has 0 aromatic carbocycles. The van der Waals surface area contributed by atoms with Gasteiger partial charge in [-0.15, -0.1) is 0 Å². The molecule has 0 spiro atoms. The Hall–Kier alpha value is -0.630. The van der Waals surface area contributed by atoms with Crippen LogP contribution in [0.1, 0.15) is 0 Å². The van der Waals surface area contributed by atoms with Crippen LogP contribution in [0.4, 0.5) is 0 Å². The van der Waals surface area contributed by atoms with Gasteiger partial charge in [-0.1, -0.05) is 0 Å². The van der Waals surface area contributed by atoms with E-state index in [0.717, 1.165) is 0 Å². The largest absolute Gasteiger partial charge is 0.388 e. The molecule has 50 valence electrons. The van der Waals surface area contributed by atoms with Crippen molar-refractivity contribution in [2.24, 2.45) is 0 Å². The number of ether oxygens (including phenoxy) is 1. The van der Waals surface area contributed by atoms with Gasteiger partial charge >= 0.3 is 0 Å². The summed E-state index contributed by atoms with van der Waals surface area (Å²) in [6.45, 7) is 0.0550. The minimum Gasteiger partial charge on any atom is -0.388 e. The van der Waals surface area contributed by atoms with Crippen molar-refractivity contribution in [3.05, 3.63) is 0 Å². The summed E-state index contributed by atoms with van der Waals surface area (Å²) in [7, 11) is 0. The summed E-state index contributed by atoms with van der Waals surface area (Å²) in [5, 5.41) is 25.8. The summed E-state index contributed by atoms with van der Waals surface area (Å²) >= 11 is 0. The molecule has 0 aliphatic carbocycles. The Labute approximate surface area is 52.3 Å². The summed E-state index contributed by atoms with van der Waals surface area (Å²) in [6, 6.07) is 1.71. The molecule has 1 saturated heterocycles. The van der Waals surface area contributed by atoms with Crippen LogP contribution in [0.2, 0.25) is 0 Å². The Balaban J connectivity index is 2.54. The van der Waals surface area contributed by atoms with Crippen molar-refractivity contribution < 1.29 is 14.9 Å². The molecule has 1 fully saturated rings. The van der Waals surface area contributed by atoms with Crippen LogP contribution >= 0.6 is 0 Å². The van der Waals surface area contributed by atoms with E-state index in [2.05, 4.69) is 4.74 Å². The van der Waals surface area contributed by atoms with Gasteiger partial charge in [0, 0.05) is 0 Å². The molecule has 1 aliphatic heterocycles. The van der Waals surface area contributed by atoms with E-state index in [1.807, 2.05) is 0 Å². The van der Waals surface area contributed by atoms with E-state index in [9.17, 15) is 0 Å². The van der Waals surface area contributed by atoms with Gasteiger partial charge in [0.1, 0.15) is 12.2 Å². The lowest BCUT2D eigenvalue weighted by molar-refractivity contribution is 0.0441. The molecule has 0 bridgehead atoms. The number of hydrogen-bond acceptors (Lipinski definition) is 4. The first-order chi connectivity index (χ1) is 4.25. The normalized spacial score (nSPS) is 42.6. The smallest absolute Gasteiger partial charge is 0.172 e. The first-order valence-corrected chi connectivity index (χ1v) is 2.63. The van der Waals surface area contributed by atoms with Crippen LogP contribution in [0.3, 0.4) is 0 Å². The van der Waals surface area contributed by atoms with Gasteiger partial charge in [-0.3, -0.25) is 0 Å². The SMILES string of the molecule is N#CC1OCC(O)C1O. The predicted molar refractivity (Wildman–Crippen MR) is 27.4 cm³/mol. The van der Waals surface area contributed by atoms with Crippen molar-refractivity contribution in [1.29, 1.82) is 5.26 Å². The number of aliphatic hydroxyl groups is 2. The summed E-state index contributed by atoms with van der Waals surface area (Å²) in [4.78, 5) is 0. The van der Waals surface area contributed by atoms with Crippen LogP contribution in [0.25, 0.3) is 0 Å². The first kappa shape index (κ1) is 6.49. The molecule has 1 heterocycles. The van der Waals surface area contributed by atoms with Gasteiger partial charge in [0.15, 0.2) is 6.10 Å².